The lowest BCUT2D eigenvalue weighted by molar-refractivity contribution is 0.0521. The summed E-state index contributed by atoms with van der Waals surface area (Å²) in [6.07, 6.45) is 1.41. The van der Waals surface area contributed by atoms with Crippen molar-refractivity contribution < 1.29 is 14.3 Å². The molecule has 0 aromatic carbocycles. The molecule has 0 N–H and O–H groups in total. The second-order valence-corrected chi connectivity index (χ2v) is 5.18. The van der Waals surface area contributed by atoms with E-state index in [1.807, 2.05) is 0 Å². The molecule has 0 unspecified atom stereocenters. The van der Waals surface area contributed by atoms with E-state index < -0.39 is 11.4 Å². The van der Waals surface area contributed by atoms with Crippen molar-refractivity contribution in [3.8, 4) is 0 Å². The lowest BCUT2D eigenvalue weighted by Gasteiger charge is -2.18. The van der Waals surface area contributed by atoms with Gasteiger partial charge in [-0.3, -0.25) is 4.79 Å². The summed E-state index contributed by atoms with van der Waals surface area (Å²) in [6, 6.07) is 1.49. The number of carbonyl (C=O) groups is 2. The smallest absolute Gasteiger partial charge is 0.342 e. The van der Waals surface area contributed by atoms with Crippen molar-refractivity contribution in [2.45, 2.75) is 27.7 Å². The van der Waals surface area contributed by atoms with E-state index >= 15 is 0 Å². The van der Waals surface area contributed by atoms with Crippen LogP contribution in [0.15, 0.2) is 12.3 Å². The minimum Gasteiger partial charge on any atom is -0.462 e. The zero-order valence-corrected chi connectivity index (χ0v) is 11.7. The van der Waals surface area contributed by atoms with Gasteiger partial charge in [0, 0.05) is 17.2 Å². The summed E-state index contributed by atoms with van der Waals surface area (Å²) in [5.74, 6) is -0.793. The number of hydrogen-bond donors (Lipinski definition) is 0. The van der Waals surface area contributed by atoms with Crippen LogP contribution in [-0.2, 0) is 4.74 Å². The number of Topliss-reactive ketones (excluding diaryl/α,β-unsaturated/α-hetero) is 1. The van der Waals surface area contributed by atoms with Crippen LogP contribution in [0.25, 0.3) is 0 Å². The molecule has 1 aromatic rings. The van der Waals surface area contributed by atoms with Gasteiger partial charge in [-0.1, -0.05) is 32.4 Å². The number of carbonyl (C=O) groups excluding carboxylic acids is 2. The highest BCUT2D eigenvalue weighted by Gasteiger charge is 2.29. The first-order valence-corrected chi connectivity index (χ1v) is 6.03. The predicted octanol–water partition coefficient (Wildman–Crippen LogP) is 3.14. The third-order valence-electron chi connectivity index (χ3n) is 2.31. The first kappa shape index (κ1) is 14.6. The van der Waals surface area contributed by atoms with E-state index in [1.54, 1.807) is 27.7 Å². The highest BCUT2D eigenvalue weighted by molar-refractivity contribution is 6.33. The van der Waals surface area contributed by atoms with Crippen LogP contribution in [0, 0.1) is 5.41 Å². The molecule has 4 nitrogen and oxygen atoms in total. The van der Waals surface area contributed by atoms with Crippen molar-refractivity contribution in [2.75, 3.05) is 6.61 Å². The summed E-state index contributed by atoms with van der Waals surface area (Å²) in [5.41, 5.74) is -0.312. The van der Waals surface area contributed by atoms with Crippen LogP contribution < -0.4 is 0 Å². The highest BCUT2D eigenvalue weighted by Crippen LogP contribution is 2.26. The van der Waals surface area contributed by atoms with Gasteiger partial charge in [-0.25, -0.2) is 9.78 Å². The molecular weight excluding hydrogens is 254 g/mol. The number of esters is 1. The summed E-state index contributed by atoms with van der Waals surface area (Å²) in [4.78, 5) is 27.9. The molecule has 0 saturated carbocycles. The lowest BCUT2D eigenvalue weighted by Crippen LogP contribution is -2.23. The van der Waals surface area contributed by atoms with Gasteiger partial charge in [-0.2, -0.15) is 0 Å². The second kappa shape index (κ2) is 5.48. The van der Waals surface area contributed by atoms with Gasteiger partial charge in [0.2, 0.25) is 0 Å². The summed E-state index contributed by atoms with van der Waals surface area (Å²) in [7, 11) is 0. The molecule has 0 saturated heterocycles. The number of nitrogens with zero attached hydrogens (tertiary/aromatic N) is 1. The summed E-state index contributed by atoms with van der Waals surface area (Å²) in [6.45, 7) is 7.23. The number of hydrogen-bond acceptors (Lipinski definition) is 4. The normalized spacial score (nSPS) is 11.2. The van der Waals surface area contributed by atoms with Gasteiger partial charge in [-0.15, -0.1) is 0 Å². The molecule has 0 aliphatic heterocycles. The fourth-order valence-electron chi connectivity index (χ4n) is 1.43. The van der Waals surface area contributed by atoms with Gasteiger partial charge in [0.1, 0.15) is 10.7 Å². The lowest BCUT2D eigenvalue weighted by atomic mass is 9.85. The summed E-state index contributed by atoms with van der Waals surface area (Å²) in [5, 5.41) is -0.0106. The molecule has 1 rings (SSSR count). The Bertz CT molecular complexity index is 478. The third-order valence-corrected chi connectivity index (χ3v) is 2.60. The number of ketones is 1. The van der Waals surface area contributed by atoms with E-state index in [2.05, 4.69) is 4.98 Å². The van der Waals surface area contributed by atoms with Crippen LogP contribution in [0.1, 0.15) is 48.4 Å². The zero-order valence-electron chi connectivity index (χ0n) is 10.9. The quantitative estimate of drug-likeness (QED) is 0.480. The monoisotopic (exact) mass is 269 g/mol. The molecule has 1 heterocycles. The molecular formula is C13H16ClNO3. The Balaban J connectivity index is 3.33. The van der Waals surface area contributed by atoms with Gasteiger partial charge in [0.15, 0.2) is 5.78 Å². The van der Waals surface area contributed by atoms with Crippen LogP contribution in [0.3, 0.4) is 0 Å². The Kier molecular flexibility index (Phi) is 4.46. The van der Waals surface area contributed by atoms with Gasteiger partial charge in [0.25, 0.3) is 0 Å². The summed E-state index contributed by atoms with van der Waals surface area (Å²) >= 11 is 5.89. The van der Waals surface area contributed by atoms with Crippen molar-refractivity contribution in [1.82, 2.24) is 4.98 Å². The average Bonchev–Trinajstić information content (AvgIpc) is 2.26. The molecule has 5 heteroatoms. The van der Waals surface area contributed by atoms with Gasteiger partial charge < -0.3 is 4.74 Å². The maximum absolute atomic E-state index is 12.3. The molecule has 98 valence electrons. The molecule has 0 fully saturated rings. The van der Waals surface area contributed by atoms with Crippen molar-refractivity contribution >= 4 is 23.4 Å². The van der Waals surface area contributed by atoms with E-state index in [1.165, 1.54) is 12.3 Å². The van der Waals surface area contributed by atoms with Crippen LogP contribution in [-0.4, -0.2) is 23.3 Å². The minimum absolute atomic E-state index is 0.0106. The standard InChI is InChI=1S/C13H16ClNO3/c1-5-18-12(17)9-8(6-7-15-11(9)14)10(16)13(2,3)4/h6-7H,5H2,1-4H3. The van der Waals surface area contributed by atoms with Gasteiger partial charge >= 0.3 is 5.97 Å². The number of ether oxygens (including phenoxy) is 1. The van der Waals surface area contributed by atoms with E-state index in [4.69, 9.17) is 16.3 Å². The van der Waals surface area contributed by atoms with E-state index in [9.17, 15) is 9.59 Å². The summed E-state index contributed by atoms with van der Waals surface area (Å²) < 4.78 is 4.90. The van der Waals surface area contributed by atoms with Crippen LogP contribution in [0.5, 0.6) is 0 Å². The van der Waals surface area contributed by atoms with Crippen molar-refractivity contribution in [3.63, 3.8) is 0 Å². The van der Waals surface area contributed by atoms with E-state index in [0.717, 1.165) is 0 Å². The SMILES string of the molecule is CCOC(=O)c1c(C(=O)C(C)(C)C)ccnc1Cl. The fourth-order valence-corrected chi connectivity index (χ4v) is 1.66. The third kappa shape index (κ3) is 3.07. The number of halogens is 1. The Labute approximate surface area is 111 Å². The molecule has 0 radical (unpaired) electrons. The van der Waals surface area contributed by atoms with Crippen LogP contribution in [0.2, 0.25) is 5.15 Å². The molecule has 18 heavy (non-hydrogen) atoms. The number of pyridine rings is 1. The maximum Gasteiger partial charge on any atom is 0.342 e. The Morgan fingerprint density at radius 3 is 2.50 bits per heavy atom. The number of rotatable bonds is 3. The topological polar surface area (TPSA) is 56.3 Å². The maximum atomic E-state index is 12.3. The molecule has 1 aromatic heterocycles. The van der Waals surface area contributed by atoms with Crippen LogP contribution >= 0.6 is 11.6 Å². The average molecular weight is 270 g/mol. The van der Waals surface area contributed by atoms with Gasteiger partial charge in [0.05, 0.1) is 6.61 Å². The molecule has 0 aliphatic rings. The number of aromatic nitrogens is 1. The Hall–Kier alpha value is -1.42. The molecule has 0 aliphatic carbocycles. The molecule has 0 spiro atoms. The van der Waals surface area contributed by atoms with Gasteiger partial charge in [-0.05, 0) is 13.0 Å². The van der Waals surface area contributed by atoms with Crippen molar-refractivity contribution in [3.05, 3.63) is 28.5 Å². The zero-order chi connectivity index (χ0) is 13.9. The molecule has 0 bridgehead atoms. The second-order valence-electron chi connectivity index (χ2n) is 4.82. The van der Waals surface area contributed by atoms with Crippen LogP contribution in [0.4, 0.5) is 0 Å². The van der Waals surface area contributed by atoms with Crippen molar-refractivity contribution in [2.24, 2.45) is 5.41 Å². The first-order valence-electron chi connectivity index (χ1n) is 5.65. The minimum atomic E-state index is -0.622. The van der Waals surface area contributed by atoms with E-state index in [-0.39, 0.29) is 28.7 Å². The fraction of sp³-hybridized carbons (Fsp3) is 0.462. The Morgan fingerprint density at radius 1 is 1.39 bits per heavy atom. The largest absolute Gasteiger partial charge is 0.462 e. The highest BCUT2D eigenvalue weighted by atomic mass is 35.5. The molecule has 0 atom stereocenters. The van der Waals surface area contributed by atoms with E-state index in [0.29, 0.717) is 0 Å². The molecule has 0 amide bonds. The Morgan fingerprint density at radius 2 is 2.00 bits per heavy atom. The predicted molar refractivity (Wildman–Crippen MR) is 69.0 cm³/mol. The first-order chi connectivity index (χ1) is 8.29. The van der Waals surface area contributed by atoms with Crippen molar-refractivity contribution in [1.29, 1.82) is 0 Å².